The molecule has 1 fully saturated rings. The monoisotopic (exact) mass is 230 g/mol. The fourth-order valence-corrected chi connectivity index (χ4v) is 2.22. The second-order valence-corrected chi connectivity index (χ2v) is 4.69. The number of aliphatic carboxylic acids is 1. The summed E-state index contributed by atoms with van der Waals surface area (Å²) in [5.41, 5.74) is 2.93. The molecule has 1 saturated carbocycles. The molecule has 2 aromatic heterocycles. The van der Waals surface area contributed by atoms with Gasteiger partial charge in [0.25, 0.3) is 0 Å². The van der Waals surface area contributed by atoms with Crippen molar-refractivity contribution in [1.29, 1.82) is 0 Å². The van der Waals surface area contributed by atoms with E-state index in [2.05, 4.69) is 9.38 Å². The predicted octanol–water partition coefficient (Wildman–Crippen LogP) is 2.15. The van der Waals surface area contributed by atoms with Crippen molar-refractivity contribution in [3.05, 3.63) is 35.4 Å². The number of fused-ring (bicyclic) bond motifs is 1. The first kappa shape index (κ1) is 10.3. The molecule has 0 amide bonds. The van der Waals surface area contributed by atoms with Crippen molar-refractivity contribution in [2.75, 3.05) is 0 Å². The van der Waals surface area contributed by atoms with Crippen molar-refractivity contribution in [2.45, 2.75) is 32.1 Å². The summed E-state index contributed by atoms with van der Waals surface area (Å²) in [6.07, 6.45) is 4.37. The predicted molar refractivity (Wildman–Crippen MR) is 63.2 cm³/mol. The second-order valence-electron chi connectivity index (χ2n) is 4.69. The third-order valence-electron chi connectivity index (χ3n) is 3.21. The van der Waals surface area contributed by atoms with Crippen molar-refractivity contribution in [3.8, 4) is 0 Å². The Morgan fingerprint density at radius 1 is 1.53 bits per heavy atom. The molecule has 2 aromatic rings. The number of hydrogen-bond acceptors (Lipinski definition) is 2. The van der Waals surface area contributed by atoms with Gasteiger partial charge < -0.3 is 9.51 Å². The molecule has 0 atom stereocenters. The van der Waals surface area contributed by atoms with E-state index in [1.807, 2.05) is 25.3 Å². The van der Waals surface area contributed by atoms with Gasteiger partial charge in [0.15, 0.2) is 0 Å². The Morgan fingerprint density at radius 2 is 2.29 bits per heavy atom. The molecule has 0 unspecified atom stereocenters. The van der Waals surface area contributed by atoms with Crippen molar-refractivity contribution in [1.82, 2.24) is 9.38 Å². The Morgan fingerprint density at radius 3 is 2.94 bits per heavy atom. The molecule has 0 radical (unpaired) electrons. The van der Waals surface area contributed by atoms with Gasteiger partial charge in [-0.25, -0.2) is 4.98 Å². The van der Waals surface area contributed by atoms with Crippen LogP contribution in [0.4, 0.5) is 0 Å². The highest BCUT2D eigenvalue weighted by molar-refractivity contribution is 5.70. The highest BCUT2D eigenvalue weighted by Crippen LogP contribution is 2.40. The Kier molecular flexibility index (Phi) is 2.18. The summed E-state index contributed by atoms with van der Waals surface area (Å²) in [4.78, 5) is 15.3. The quantitative estimate of drug-likeness (QED) is 0.879. The molecule has 0 saturated heterocycles. The zero-order chi connectivity index (χ0) is 12.0. The topological polar surface area (TPSA) is 54.6 Å². The molecule has 88 valence electrons. The molecule has 1 aliphatic carbocycles. The minimum Gasteiger partial charge on any atom is -0.481 e. The summed E-state index contributed by atoms with van der Waals surface area (Å²) in [6.45, 7) is 2.00. The second kappa shape index (κ2) is 3.58. The van der Waals surface area contributed by atoms with Crippen molar-refractivity contribution in [2.24, 2.45) is 0 Å². The lowest BCUT2D eigenvalue weighted by Gasteiger charge is -2.02. The van der Waals surface area contributed by atoms with Gasteiger partial charge in [-0.3, -0.25) is 4.79 Å². The molecule has 17 heavy (non-hydrogen) atoms. The summed E-state index contributed by atoms with van der Waals surface area (Å²) < 4.78 is 2.06. The van der Waals surface area contributed by atoms with Crippen LogP contribution in [0.5, 0.6) is 0 Å². The van der Waals surface area contributed by atoms with Gasteiger partial charge in [0, 0.05) is 12.1 Å². The molecule has 0 aliphatic heterocycles. The van der Waals surface area contributed by atoms with Crippen LogP contribution in [0, 0.1) is 6.92 Å². The third kappa shape index (κ3) is 1.79. The van der Waals surface area contributed by atoms with Gasteiger partial charge in [0.05, 0.1) is 17.6 Å². The van der Waals surface area contributed by atoms with E-state index in [-0.39, 0.29) is 6.42 Å². The fourth-order valence-electron chi connectivity index (χ4n) is 2.22. The van der Waals surface area contributed by atoms with Crippen LogP contribution in [0.2, 0.25) is 0 Å². The van der Waals surface area contributed by atoms with E-state index >= 15 is 0 Å². The number of carboxylic acid groups (broad SMARTS) is 1. The molecular formula is C13H14N2O2. The maximum absolute atomic E-state index is 10.7. The van der Waals surface area contributed by atoms with Crippen LogP contribution in [0.3, 0.4) is 0 Å². The lowest BCUT2D eigenvalue weighted by molar-refractivity contribution is -0.136. The lowest BCUT2D eigenvalue weighted by atomic mass is 10.2. The number of hydrogen-bond donors (Lipinski definition) is 1. The molecular weight excluding hydrogens is 216 g/mol. The summed E-state index contributed by atoms with van der Waals surface area (Å²) in [5.74, 6) is 0.857. The minimum atomic E-state index is -0.797. The Bertz CT molecular complexity index is 597. The van der Waals surface area contributed by atoms with Gasteiger partial charge in [-0.2, -0.15) is 0 Å². The van der Waals surface area contributed by atoms with Crippen LogP contribution < -0.4 is 0 Å². The van der Waals surface area contributed by atoms with E-state index in [0.717, 1.165) is 22.6 Å². The zero-order valence-corrected chi connectivity index (χ0v) is 9.68. The number of pyridine rings is 1. The number of rotatable bonds is 3. The first-order valence-corrected chi connectivity index (χ1v) is 5.84. The van der Waals surface area contributed by atoms with Crippen LogP contribution >= 0.6 is 0 Å². The maximum atomic E-state index is 10.7. The fraction of sp³-hybridized carbons (Fsp3) is 0.385. The summed E-state index contributed by atoms with van der Waals surface area (Å²) in [7, 11) is 0. The van der Waals surface area contributed by atoms with E-state index in [4.69, 9.17) is 5.11 Å². The van der Waals surface area contributed by atoms with Gasteiger partial charge in [0.2, 0.25) is 0 Å². The first-order valence-electron chi connectivity index (χ1n) is 5.84. The SMILES string of the molecule is Cc1nc(C2CC2)n2cc(CC(=O)O)ccc12. The number of carbonyl (C=O) groups is 1. The summed E-state index contributed by atoms with van der Waals surface area (Å²) in [6, 6.07) is 3.83. The number of aryl methyl sites for hydroxylation is 1. The maximum Gasteiger partial charge on any atom is 0.307 e. The lowest BCUT2D eigenvalue weighted by Crippen LogP contribution is -2.02. The van der Waals surface area contributed by atoms with Gasteiger partial charge >= 0.3 is 5.97 Å². The molecule has 0 aromatic carbocycles. The third-order valence-corrected chi connectivity index (χ3v) is 3.21. The highest BCUT2D eigenvalue weighted by Gasteiger charge is 2.28. The molecule has 1 N–H and O–H groups in total. The van der Waals surface area contributed by atoms with E-state index in [9.17, 15) is 4.79 Å². The first-order chi connectivity index (χ1) is 8.15. The molecule has 4 nitrogen and oxygen atoms in total. The highest BCUT2D eigenvalue weighted by atomic mass is 16.4. The van der Waals surface area contributed by atoms with E-state index in [1.54, 1.807) is 0 Å². The zero-order valence-electron chi connectivity index (χ0n) is 9.68. The smallest absolute Gasteiger partial charge is 0.307 e. The van der Waals surface area contributed by atoms with Gasteiger partial charge in [-0.15, -0.1) is 0 Å². The number of nitrogens with zero attached hydrogens (tertiary/aromatic N) is 2. The Hall–Kier alpha value is -1.84. The molecule has 0 bridgehead atoms. The van der Waals surface area contributed by atoms with Crippen LogP contribution in [-0.2, 0) is 11.2 Å². The number of carboxylic acids is 1. The normalized spacial score (nSPS) is 15.4. The molecule has 4 heteroatoms. The Labute approximate surface area is 98.9 Å². The Balaban J connectivity index is 2.12. The average molecular weight is 230 g/mol. The molecule has 2 heterocycles. The molecule has 0 spiro atoms. The van der Waals surface area contributed by atoms with Crippen molar-refractivity contribution < 1.29 is 9.90 Å². The van der Waals surface area contributed by atoms with E-state index in [1.165, 1.54) is 12.8 Å². The average Bonchev–Trinajstić information content (AvgIpc) is 3.04. The van der Waals surface area contributed by atoms with Crippen molar-refractivity contribution in [3.63, 3.8) is 0 Å². The van der Waals surface area contributed by atoms with Gasteiger partial charge in [-0.05, 0) is 31.4 Å². The van der Waals surface area contributed by atoms with Crippen LogP contribution in [0.15, 0.2) is 18.3 Å². The molecule has 3 rings (SSSR count). The van der Waals surface area contributed by atoms with E-state index < -0.39 is 5.97 Å². The van der Waals surface area contributed by atoms with Gasteiger partial charge in [0.1, 0.15) is 5.82 Å². The standard InChI is InChI=1S/C13H14N2O2/c1-8-11-5-2-9(6-12(16)17)7-15(11)13(14-8)10-3-4-10/h2,5,7,10H,3-4,6H2,1H3,(H,16,17). The number of aromatic nitrogens is 2. The van der Waals surface area contributed by atoms with Crippen LogP contribution in [-0.4, -0.2) is 20.5 Å². The minimum absolute atomic E-state index is 0.0667. The van der Waals surface area contributed by atoms with E-state index in [0.29, 0.717) is 5.92 Å². The summed E-state index contributed by atoms with van der Waals surface area (Å²) >= 11 is 0. The van der Waals surface area contributed by atoms with Gasteiger partial charge in [-0.1, -0.05) is 6.07 Å². The van der Waals surface area contributed by atoms with Crippen LogP contribution in [0.25, 0.3) is 5.52 Å². The largest absolute Gasteiger partial charge is 0.481 e. The van der Waals surface area contributed by atoms with Crippen molar-refractivity contribution >= 4 is 11.5 Å². The van der Waals surface area contributed by atoms with Crippen LogP contribution in [0.1, 0.15) is 35.8 Å². The molecule has 1 aliphatic rings. The number of imidazole rings is 1. The summed E-state index contributed by atoms with van der Waals surface area (Å²) in [5, 5.41) is 8.81.